The van der Waals surface area contributed by atoms with E-state index in [0.29, 0.717) is 0 Å². The van der Waals surface area contributed by atoms with Crippen molar-refractivity contribution in [3.63, 3.8) is 0 Å². The van der Waals surface area contributed by atoms with Crippen LogP contribution in [0.2, 0.25) is 0 Å². The van der Waals surface area contributed by atoms with Crippen LogP contribution in [0, 0.1) is 0 Å². The third-order valence-electron chi connectivity index (χ3n) is 3.24. The minimum Gasteiger partial charge on any atom is -0.0998 e. The van der Waals surface area contributed by atoms with E-state index in [2.05, 4.69) is 37.8 Å². The molecule has 0 amide bonds. The van der Waals surface area contributed by atoms with Crippen molar-refractivity contribution in [2.45, 2.75) is 38.5 Å². The van der Waals surface area contributed by atoms with Crippen molar-refractivity contribution >= 4 is 0 Å². The van der Waals surface area contributed by atoms with Gasteiger partial charge < -0.3 is 0 Å². The lowest BCUT2D eigenvalue weighted by atomic mass is 9.96. The molecule has 1 atom stereocenters. The summed E-state index contributed by atoms with van der Waals surface area (Å²) >= 11 is 0. The summed E-state index contributed by atoms with van der Waals surface area (Å²) in [6.45, 7) is 6.26. The second kappa shape index (κ2) is 4.00. The molecule has 1 saturated carbocycles. The standard InChI is InChI=1S/C14H18/c1-3-12-5-8-13(9-6-12)14-7-4-11(2)10-14/h5-6,8-9,14H,2-4,7,10H2,1H3. The summed E-state index contributed by atoms with van der Waals surface area (Å²) in [5.41, 5.74) is 4.36. The molecule has 1 aliphatic carbocycles. The van der Waals surface area contributed by atoms with Gasteiger partial charge in [-0.1, -0.05) is 43.3 Å². The molecule has 1 aliphatic rings. The Morgan fingerprint density at radius 1 is 1.29 bits per heavy atom. The zero-order valence-corrected chi connectivity index (χ0v) is 8.92. The Labute approximate surface area is 86.7 Å². The lowest BCUT2D eigenvalue weighted by Gasteiger charge is -2.09. The van der Waals surface area contributed by atoms with E-state index in [1.54, 1.807) is 0 Å². The Hall–Kier alpha value is -1.04. The molecule has 74 valence electrons. The molecular formula is C14H18. The van der Waals surface area contributed by atoms with E-state index >= 15 is 0 Å². The van der Waals surface area contributed by atoms with Crippen molar-refractivity contribution in [2.24, 2.45) is 0 Å². The predicted molar refractivity (Wildman–Crippen MR) is 61.6 cm³/mol. The molecule has 1 unspecified atom stereocenters. The topological polar surface area (TPSA) is 0 Å². The molecule has 0 aliphatic heterocycles. The largest absolute Gasteiger partial charge is 0.0998 e. The first-order chi connectivity index (χ1) is 6.79. The quantitative estimate of drug-likeness (QED) is 0.611. The Morgan fingerprint density at radius 2 is 2.00 bits per heavy atom. The Balaban J connectivity index is 2.13. The molecule has 0 aromatic heterocycles. The second-order valence-corrected chi connectivity index (χ2v) is 4.28. The highest BCUT2D eigenvalue weighted by Gasteiger charge is 2.19. The molecule has 0 radical (unpaired) electrons. The van der Waals surface area contributed by atoms with Crippen molar-refractivity contribution in [1.29, 1.82) is 0 Å². The number of aryl methyl sites for hydroxylation is 1. The summed E-state index contributed by atoms with van der Waals surface area (Å²) in [6, 6.07) is 9.11. The van der Waals surface area contributed by atoms with E-state index in [1.165, 1.54) is 36.0 Å². The van der Waals surface area contributed by atoms with Crippen LogP contribution >= 0.6 is 0 Å². The van der Waals surface area contributed by atoms with Gasteiger partial charge in [0.15, 0.2) is 0 Å². The van der Waals surface area contributed by atoms with E-state index < -0.39 is 0 Å². The summed E-state index contributed by atoms with van der Waals surface area (Å²) in [5.74, 6) is 0.744. The molecule has 14 heavy (non-hydrogen) atoms. The van der Waals surface area contributed by atoms with Crippen molar-refractivity contribution < 1.29 is 0 Å². The zero-order valence-electron chi connectivity index (χ0n) is 8.92. The molecule has 1 fully saturated rings. The summed E-state index contributed by atoms with van der Waals surface area (Å²) < 4.78 is 0. The van der Waals surface area contributed by atoms with Gasteiger partial charge in [-0.15, -0.1) is 0 Å². The number of rotatable bonds is 2. The van der Waals surface area contributed by atoms with Gasteiger partial charge in [-0.3, -0.25) is 0 Å². The Morgan fingerprint density at radius 3 is 2.50 bits per heavy atom. The van der Waals surface area contributed by atoms with Crippen LogP contribution in [0.5, 0.6) is 0 Å². The van der Waals surface area contributed by atoms with Gasteiger partial charge in [0, 0.05) is 0 Å². The molecule has 0 nitrogen and oxygen atoms in total. The van der Waals surface area contributed by atoms with Gasteiger partial charge in [0.2, 0.25) is 0 Å². The third-order valence-corrected chi connectivity index (χ3v) is 3.24. The first-order valence-electron chi connectivity index (χ1n) is 5.55. The van der Waals surface area contributed by atoms with Gasteiger partial charge in [-0.05, 0) is 42.7 Å². The molecule has 0 N–H and O–H groups in total. The Kier molecular flexibility index (Phi) is 2.72. The smallest absolute Gasteiger partial charge is 0.0122 e. The van der Waals surface area contributed by atoms with Crippen LogP contribution in [-0.2, 0) is 6.42 Å². The highest BCUT2D eigenvalue weighted by atomic mass is 14.2. The van der Waals surface area contributed by atoms with Crippen molar-refractivity contribution in [1.82, 2.24) is 0 Å². The van der Waals surface area contributed by atoms with Crippen molar-refractivity contribution in [3.8, 4) is 0 Å². The SMILES string of the molecule is C=C1CCC(c2ccc(CC)cc2)C1. The van der Waals surface area contributed by atoms with Crippen LogP contribution < -0.4 is 0 Å². The maximum atomic E-state index is 4.06. The molecule has 0 spiro atoms. The molecule has 1 aromatic carbocycles. The van der Waals surface area contributed by atoms with Crippen LogP contribution in [0.4, 0.5) is 0 Å². The van der Waals surface area contributed by atoms with Gasteiger partial charge in [0.25, 0.3) is 0 Å². The molecule has 0 saturated heterocycles. The molecule has 1 aromatic rings. The first kappa shape index (κ1) is 9.51. The van der Waals surface area contributed by atoms with E-state index in [4.69, 9.17) is 0 Å². The maximum Gasteiger partial charge on any atom is -0.0122 e. The van der Waals surface area contributed by atoms with E-state index in [-0.39, 0.29) is 0 Å². The molecular weight excluding hydrogens is 168 g/mol. The predicted octanol–water partition coefficient (Wildman–Crippen LogP) is 4.07. The highest BCUT2D eigenvalue weighted by molar-refractivity contribution is 5.28. The normalized spacial score (nSPS) is 21.5. The van der Waals surface area contributed by atoms with Crippen LogP contribution in [-0.4, -0.2) is 0 Å². The highest BCUT2D eigenvalue weighted by Crippen LogP contribution is 2.36. The zero-order chi connectivity index (χ0) is 9.97. The first-order valence-corrected chi connectivity index (χ1v) is 5.55. The summed E-state index contributed by atoms with van der Waals surface area (Å²) in [7, 11) is 0. The van der Waals surface area contributed by atoms with Crippen LogP contribution in [0.15, 0.2) is 36.4 Å². The van der Waals surface area contributed by atoms with E-state index in [1.807, 2.05) is 0 Å². The van der Waals surface area contributed by atoms with Crippen molar-refractivity contribution in [3.05, 3.63) is 47.5 Å². The van der Waals surface area contributed by atoms with Crippen LogP contribution in [0.1, 0.15) is 43.2 Å². The fourth-order valence-corrected chi connectivity index (χ4v) is 2.24. The Bertz CT molecular complexity index is 318. The van der Waals surface area contributed by atoms with Gasteiger partial charge in [0.05, 0.1) is 0 Å². The number of hydrogen-bond donors (Lipinski definition) is 0. The van der Waals surface area contributed by atoms with Crippen LogP contribution in [0.25, 0.3) is 0 Å². The molecule has 0 heteroatoms. The van der Waals surface area contributed by atoms with Gasteiger partial charge in [-0.25, -0.2) is 0 Å². The van der Waals surface area contributed by atoms with Crippen LogP contribution in [0.3, 0.4) is 0 Å². The van der Waals surface area contributed by atoms with Crippen molar-refractivity contribution in [2.75, 3.05) is 0 Å². The summed E-state index contributed by atoms with van der Waals surface area (Å²) in [6.07, 6.45) is 4.85. The third kappa shape index (κ3) is 1.89. The van der Waals surface area contributed by atoms with Gasteiger partial charge in [-0.2, -0.15) is 0 Å². The lowest BCUT2D eigenvalue weighted by molar-refractivity contribution is 0.730. The maximum absolute atomic E-state index is 4.06. The molecule has 2 rings (SSSR count). The summed E-state index contributed by atoms with van der Waals surface area (Å²) in [5, 5.41) is 0. The second-order valence-electron chi connectivity index (χ2n) is 4.28. The molecule has 0 bridgehead atoms. The average molecular weight is 186 g/mol. The summed E-state index contributed by atoms with van der Waals surface area (Å²) in [4.78, 5) is 0. The van der Waals surface area contributed by atoms with E-state index in [0.717, 1.165) is 12.3 Å². The van der Waals surface area contributed by atoms with Gasteiger partial charge >= 0.3 is 0 Å². The minimum absolute atomic E-state index is 0.744. The average Bonchev–Trinajstić information content (AvgIpc) is 2.65. The fraction of sp³-hybridized carbons (Fsp3) is 0.429. The number of benzene rings is 1. The number of hydrogen-bond acceptors (Lipinski definition) is 0. The van der Waals surface area contributed by atoms with Gasteiger partial charge in [0.1, 0.15) is 0 Å². The fourth-order valence-electron chi connectivity index (χ4n) is 2.24. The number of allylic oxidation sites excluding steroid dienone is 1. The lowest BCUT2D eigenvalue weighted by Crippen LogP contribution is -1.92. The van der Waals surface area contributed by atoms with E-state index in [9.17, 15) is 0 Å². The monoisotopic (exact) mass is 186 g/mol. The molecule has 0 heterocycles. The minimum atomic E-state index is 0.744.